The summed E-state index contributed by atoms with van der Waals surface area (Å²) in [7, 11) is 1.32. The number of pyridine rings is 1. The van der Waals surface area contributed by atoms with Crippen LogP contribution in [0.15, 0.2) is 24.5 Å². The van der Waals surface area contributed by atoms with E-state index >= 15 is 0 Å². The predicted molar refractivity (Wildman–Crippen MR) is 70.9 cm³/mol. The molecule has 108 valence electrons. The summed E-state index contributed by atoms with van der Waals surface area (Å²) in [5.74, 6) is -0.484. The Morgan fingerprint density at radius 2 is 2.20 bits per heavy atom. The summed E-state index contributed by atoms with van der Waals surface area (Å²) in [5.41, 5.74) is 1.05. The normalized spacial score (nSPS) is 18.6. The minimum atomic E-state index is -0.626. The molecule has 1 fully saturated rings. The van der Waals surface area contributed by atoms with Gasteiger partial charge in [0.05, 0.1) is 20.3 Å². The minimum absolute atomic E-state index is 0.0551. The first-order valence-corrected chi connectivity index (χ1v) is 6.56. The third-order valence-corrected chi connectivity index (χ3v) is 3.30. The van der Waals surface area contributed by atoms with Crippen LogP contribution in [0.5, 0.6) is 0 Å². The Morgan fingerprint density at radius 1 is 1.45 bits per heavy atom. The van der Waals surface area contributed by atoms with E-state index in [-0.39, 0.29) is 12.5 Å². The Morgan fingerprint density at radius 3 is 2.90 bits per heavy atom. The van der Waals surface area contributed by atoms with Gasteiger partial charge in [-0.2, -0.15) is 0 Å². The Labute approximate surface area is 117 Å². The molecule has 0 aliphatic carbocycles. The maximum atomic E-state index is 12.2. The lowest BCUT2D eigenvalue weighted by Gasteiger charge is -2.33. The van der Waals surface area contributed by atoms with Gasteiger partial charge in [0.2, 0.25) is 5.91 Å². The molecular formula is C14H18N2O4. The molecule has 2 heterocycles. The molecule has 6 nitrogen and oxygen atoms in total. The van der Waals surface area contributed by atoms with Gasteiger partial charge >= 0.3 is 5.97 Å². The van der Waals surface area contributed by atoms with Gasteiger partial charge in [-0.25, -0.2) is 4.79 Å². The van der Waals surface area contributed by atoms with Crippen LogP contribution in [0, 0.1) is 0 Å². The molecule has 1 atom stereocenters. The van der Waals surface area contributed by atoms with Crippen molar-refractivity contribution in [1.82, 2.24) is 9.88 Å². The van der Waals surface area contributed by atoms with Crippen molar-refractivity contribution in [3.63, 3.8) is 0 Å². The zero-order chi connectivity index (χ0) is 14.4. The van der Waals surface area contributed by atoms with Crippen LogP contribution in [0.1, 0.15) is 12.0 Å². The van der Waals surface area contributed by atoms with Crippen molar-refractivity contribution in [2.75, 3.05) is 26.9 Å². The van der Waals surface area contributed by atoms with Crippen LogP contribution in [0.3, 0.4) is 0 Å². The second-order valence-electron chi connectivity index (χ2n) is 4.56. The molecule has 0 N–H and O–H groups in total. The lowest BCUT2D eigenvalue weighted by molar-refractivity contribution is -0.160. The van der Waals surface area contributed by atoms with Crippen molar-refractivity contribution >= 4 is 11.9 Å². The van der Waals surface area contributed by atoms with Gasteiger partial charge < -0.3 is 14.4 Å². The molecule has 1 aromatic heterocycles. The van der Waals surface area contributed by atoms with Crippen molar-refractivity contribution in [2.24, 2.45) is 0 Å². The van der Waals surface area contributed by atoms with E-state index in [2.05, 4.69) is 4.98 Å². The van der Waals surface area contributed by atoms with Crippen LogP contribution in [0.2, 0.25) is 0 Å². The van der Waals surface area contributed by atoms with E-state index in [0.29, 0.717) is 26.0 Å². The van der Waals surface area contributed by atoms with Crippen LogP contribution in [-0.4, -0.2) is 54.7 Å². The van der Waals surface area contributed by atoms with Crippen molar-refractivity contribution < 1.29 is 19.1 Å². The number of carbonyl (C=O) groups is 2. The monoisotopic (exact) mass is 278 g/mol. The predicted octanol–water partition coefficient (Wildman–Crippen LogP) is 0.415. The zero-order valence-electron chi connectivity index (χ0n) is 11.4. The number of morpholine rings is 1. The van der Waals surface area contributed by atoms with Gasteiger partial charge in [-0.1, -0.05) is 0 Å². The Bertz CT molecular complexity index is 464. The van der Waals surface area contributed by atoms with Gasteiger partial charge in [0.1, 0.15) is 0 Å². The number of rotatable bonds is 4. The SMILES string of the molecule is COC(=O)C1COCCN1C(=O)CCc1ccncc1. The highest BCUT2D eigenvalue weighted by molar-refractivity contribution is 5.85. The first-order chi connectivity index (χ1) is 9.72. The van der Waals surface area contributed by atoms with Crippen molar-refractivity contribution in [1.29, 1.82) is 0 Å². The number of carbonyl (C=O) groups excluding carboxylic acids is 2. The van der Waals surface area contributed by atoms with Gasteiger partial charge in [-0.3, -0.25) is 9.78 Å². The van der Waals surface area contributed by atoms with Crippen molar-refractivity contribution in [3.05, 3.63) is 30.1 Å². The molecule has 0 bridgehead atoms. The molecule has 1 amide bonds. The molecule has 0 spiro atoms. The van der Waals surface area contributed by atoms with Crippen LogP contribution in [0.4, 0.5) is 0 Å². The molecule has 0 aromatic carbocycles. The number of hydrogen-bond acceptors (Lipinski definition) is 5. The third kappa shape index (κ3) is 3.54. The molecule has 0 radical (unpaired) electrons. The van der Waals surface area contributed by atoms with Gasteiger partial charge in [-0.15, -0.1) is 0 Å². The fourth-order valence-corrected chi connectivity index (χ4v) is 2.18. The highest BCUT2D eigenvalue weighted by atomic mass is 16.5. The summed E-state index contributed by atoms with van der Waals surface area (Å²) in [6.07, 6.45) is 4.39. The average molecular weight is 278 g/mol. The fourth-order valence-electron chi connectivity index (χ4n) is 2.18. The molecule has 0 saturated carbocycles. The molecule has 6 heteroatoms. The van der Waals surface area contributed by atoms with Gasteiger partial charge in [0.15, 0.2) is 6.04 Å². The Kier molecular flexibility index (Phi) is 5.06. The second kappa shape index (κ2) is 7.00. The number of aryl methyl sites for hydroxylation is 1. The number of amides is 1. The summed E-state index contributed by atoms with van der Waals surface area (Å²) in [6, 6.07) is 3.13. The molecule has 1 unspecified atom stereocenters. The third-order valence-electron chi connectivity index (χ3n) is 3.30. The minimum Gasteiger partial charge on any atom is -0.467 e. The van der Waals surface area contributed by atoms with Gasteiger partial charge in [-0.05, 0) is 24.1 Å². The first kappa shape index (κ1) is 14.5. The van der Waals surface area contributed by atoms with E-state index in [9.17, 15) is 9.59 Å². The fraction of sp³-hybridized carbons (Fsp3) is 0.500. The Hall–Kier alpha value is -1.95. The maximum Gasteiger partial charge on any atom is 0.331 e. The number of nitrogens with zero attached hydrogens (tertiary/aromatic N) is 2. The summed E-state index contributed by atoms with van der Waals surface area (Å²) in [5, 5.41) is 0. The van der Waals surface area contributed by atoms with Crippen LogP contribution < -0.4 is 0 Å². The van der Waals surface area contributed by atoms with Crippen LogP contribution in [-0.2, 0) is 25.5 Å². The Balaban J connectivity index is 1.94. The lowest BCUT2D eigenvalue weighted by atomic mass is 10.1. The zero-order valence-corrected chi connectivity index (χ0v) is 11.4. The van der Waals surface area contributed by atoms with E-state index in [1.54, 1.807) is 17.3 Å². The second-order valence-corrected chi connectivity index (χ2v) is 4.56. The van der Waals surface area contributed by atoms with E-state index in [4.69, 9.17) is 9.47 Å². The molecule has 1 saturated heterocycles. The highest BCUT2D eigenvalue weighted by Gasteiger charge is 2.33. The van der Waals surface area contributed by atoms with E-state index in [1.807, 2.05) is 12.1 Å². The first-order valence-electron chi connectivity index (χ1n) is 6.56. The maximum absolute atomic E-state index is 12.2. The standard InChI is InChI=1S/C14H18N2O4/c1-19-14(18)12-10-20-9-8-16(12)13(17)3-2-11-4-6-15-7-5-11/h4-7,12H,2-3,8-10H2,1H3. The number of aromatic nitrogens is 1. The largest absolute Gasteiger partial charge is 0.467 e. The summed E-state index contributed by atoms with van der Waals surface area (Å²) in [6.45, 7) is 1.08. The summed E-state index contributed by atoms with van der Waals surface area (Å²) in [4.78, 5) is 29.4. The number of esters is 1. The average Bonchev–Trinajstić information content (AvgIpc) is 2.52. The molecule has 1 aromatic rings. The summed E-state index contributed by atoms with van der Waals surface area (Å²) >= 11 is 0. The molecular weight excluding hydrogens is 260 g/mol. The van der Waals surface area contributed by atoms with E-state index < -0.39 is 12.0 Å². The van der Waals surface area contributed by atoms with Crippen LogP contribution >= 0.6 is 0 Å². The van der Waals surface area contributed by atoms with Gasteiger partial charge in [0.25, 0.3) is 0 Å². The smallest absolute Gasteiger partial charge is 0.331 e. The lowest BCUT2D eigenvalue weighted by Crippen LogP contribution is -2.53. The highest BCUT2D eigenvalue weighted by Crippen LogP contribution is 2.12. The molecule has 2 rings (SSSR count). The number of methoxy groups -OCH3 is 1. The molecule has 20 heavy (non-hydrogen) atoms. The van der Waals surface area contributed by atoms with Crippen molar-refractivity contribution in [2.45, 2.75) is 18.9 Å². The number of hydrogen-bond donors (Lipinski definition) is 0. The van der Waals surface area contributed by atoms with Crippen LogP contribution in [0.25, 0.3) is 0 Å². The molecule has 1 aliphatic heterocycles. The van der Waals surface area contributed by atoms with E-state index in [1.165, 1.54) is 7.11 Å². The van der Waals surface area contributed by atoms with Crippen molar-refractivity contribution in [3.8, 4) is 0 Å². The van der Waals surface area contributed by atoms with E-state index in [0.717, 1.165) is 5.56 Å². The molecule has 1 aliphatic rings. The topological polar surface area (TPSA) is 68.7 Å². The quantitative estimate of drug-likeness (QED) is 0.746. The van der Waals surface area contributed by atoms with Gasteiger partial charge in [0, 0.05) is 25.4 Å². The number of ether oxygens (including phenoxy) is 2. The summed E-state index contributed by atoms with van der Waals surface area (Å²) < 4.78 is 9.96.